The summed E-state index contributed by atoms with van der Waals surface area (Å²) in [5.74, 6) is 1.80. The minimum atomic E-state index is 0.737. The average Bonchev–Trinajstić information content (AvgIpc) is 2.67. The third-order valence-corrected chi connectivity index (χ3v) is 4.78. The maximum atomic E-state index is 6.00. The Morgan fingerprint density at radius 1 is 0.885 bits per heavy atom. The van der Waals surface area contributed by atoms with Crippen LogP contribution in [0.5, 0.6) is 11.5 Å². The molecule has 0 fully saturated rings. The number of ether oxygens (including phenoxy) is 2. The molecule has 0 unspecified atom stereocenters. The molecule has 2 rings (SSSR count). The van der Waals surface area contributed by atoms with Crippen molar-refractivity contribution in [2.24, 2.45) is 0 Å². The van der Waals surface area contributed by atoms with Gasteiger partial charge in [-0.15, -0.1) is 0 Å². The quantitative estimate of drug-likeness (QED) is 0.325. The summed E-state index contributed by atoms with van der Waals surface area (Å²) in [6, 6.07) is 13.9. The van der Waals surface area contributed by atoms with Crippen molar-refractivity contribution >= 4 is 23.4 Å². The van der Waals surface area contributed by atoms with Gasteiger partial charge in [-0.3, -0.25) is 0 Å². The van der Waals surface area contributed by atoms with Crippen LogP contribution < -0.4 is 9.47 Å². The fraction of sp³-hybridized carbons (Fsp3) is 0.400. The highest BCUT2D eigenvalue weighted by molar-refractivity contribution is 7.99. The number of hydrogen-bond acceptors (Lipinski definition) is 5. The van der Waals surface area contributed by atoms with E-state index < -0.39 is 0 Å². The second kappa shape index (κ2) is 13.3. The molecule has 2 aromatic carbocycles. The highest BCUT2D eigenvalue weighted by Gasteiger charge is 2.09. The summed E-state index contributed by atoms with van der Waals surface area (Å²) in [6.07, 6.45) is 4.37. The summed E-state index contributed by atoms with van der Waals surface area (Å²) in [5, 5.41) is 12.7. The zero-order valence-electron chi connectivity index (χ0n) is 15.3. The summed E-state index contributed by atoms with van der Waals surface area (Å²) in [4.78, 5) is 2.20. The zero-order valence-corrected chi connectivity index (χ0v) is 16.9. The minimum absolute atomic E-state index is 0.737. The first-order chi connectivity index (χ1) is 12.7. The number of benzene rings is 2. The number of unbranched alkanes of at least 4 members (excludes halogenated alkanes) is 2. The van der Waals surface area contributed by atoms with Crippen molar-refractivity contribution in [1.29, 1.82) is 10.8 Å². The molecular formula is C20H25ClN2O2S. The molecule has 0 heterocycles. The minimum Gasteiger partial charge on any atom is -0.494 e. The lowest BCUT2D eigenvalue weighted by Gasteiger charge is -2.13. The molecule has 2 aromatic rings. The van der Waals surface area contributed by atoms with Crippen LogP contribution in [0.15, 0.2) is 52.3 Å². The third kappa shape index (κ3) is 7.99. The van der Waals surface area contributed by atoms with Gasteiger partial charge in [-0.25, -0.2) is 0 Å². The number of hydrogen-bond donors (Lipinski definition) is 0. The molecule has 0 aliphatic heterocycles. The van der Waals surface area contributed by atoms with Crippen LogP contribution in [-0.4, -0.2) is 13.2 Å². The van der Waals surface area contributed by atoms with Crippen molar-refractivity contribution < 1.29 is 9.47 Å². The van der Waals surface area contributed by atoms with Gasteiger partial charge in [0.2, 0.25) is 0 Å². The Bertz CT molecular complexity index is 663. The first kappa shape index (κ1) is 22.1. The molecule has 0 spiro atoms. The van der Waals surface area contributed by atoms with Gasteiger partial charge in [-0.1, -0.05) is 50.1 Å². The molecule has 4 nitrogen and oxygen atoms in total. The number of halogens is 1. The van der Waals surface area contributed by atoms with Crippen molar-refractivity contribution in [2.45, 2.75) is 49.3 Å². The van der Waals surface area contributed by atoms with Crippen LogP contribution in [0.25, 0.3) is 0 Å². The fourth-order valence-electron chi connectivity index (χ4n) is 2.07. The predicted molar refractivity (Wildman–Crippen MR) is 106 cm³/mol. The summed E-state index contributed by atoms with van der Waals surface area (Å²) in [6.45, 7) is 5.81. The van der Waals surface area contributed by atoms with E-state index in [0.29, 0.717) is 0 Å². The molecule has 0 atom stereocenters. The first-order valence-electron chi connectivity index (χ1n) is 8.76. The van der Waals surface area contributed by atoms with Crippen LogP contribution in [0.1, 0.15) is 39.5 Å². The molecule has 0 radical (unpaired) electrons. The summed E-state index contributed by atoms with van der Waals surface area (Å²) >= 11 is 7.64. The van der Waals surface area contributed by atoms with E-state index >= 15 is 0 Å². The lowest BCUT2D eigenvalue weighted by atomic mass is 10.3. The molecule has 0 aliphatic carbocycles. The SMILES string of the molecule is CCCCOc1ccc(OCCCC)c(Sc2ccc(Cl)cc2)c1.N#N. The van der Waals surface area contributed by atoms with E-state index in [0.717, 1.165) is 65.2 Å². The van der Waals surface area contributed by atoms with Crippen molar-refractivity contribution in [3.63, 3.8) is 0 Å². The first-order valence-corrected chi connectivity index (χ1v) is 9.95. The van der Waals surface area contributed by atoms with Crippen LogP contribution in [0.3, 0.4) is 0 Å². The van der Waals surface area contributed by atoms with Gasteiger partial charge in [0, 0.05) is 20.7 Å². The van der Waals surface area contributed by atoms with E-state index in [2.05, 4.69) is 19.9 Å². The van der Waals surface area contributed by atoms with Crippen LogP contribution in [-0.2, 0) is 0 Å². The Morgan fingerprint density at radius 2 is 1.50 bits per heavy atom. The van der Waals surface area contributed by atoms with Crippen LogP contribution >= 0.6 is 23.4 Å². The second-order valence-corrected chi connectivity index (χ2v) is 7.12. The Balaban J connectivity index is 0.00000163. The Labute approximate surface area is 165 Å². The second-order valence-electron chi connectivity index (χ2n) is 5.57. The predicted octanol–water partition coefficient (Wildman–Crippen LogP) is 6.88. The van der Waals surface area contributed by atoms with Gasteiger partial charge in [0.05, 0.1) is 18.1 Å². The van der Waals surface area contributed by atoms with Gasteiger partial charge < -0.3 is 9.47 Å². The number of nitrogens with zero attached hydrogens (tertiary/aromatic N) is 2. The molecule has 26 heavy (non-hydrogen) atoms. The number of rotatable bonds is 10. The van der Waals surface area contributed by atoms with Crippen LogP contribution in [0.2, 0.25) is 5.02 Å². The summed E-state index contributed by atoms with van der Waals surface area (Å²) in [5.41, 5.74) is 0. The van der Waals surface area contributed by atoms with Gasteiger partial charge in [0.15, 0.2) is 0 Å². The molecule has 0 bridgehead atoms. The van der Waals surface area contributed by atoms with E-state index in [1.54, 1.807) is 11.8 Å². The van der Waals surface area contributed by atoms with Gasteiger partial charge in [0.1, 0.15) is 11.5 Å². The fourth-order valence-corrected chi connectivity index (χ4v) is 3.12. The van der Waals surface area contributed by atoms with E-state index in [4.69, 9.17) is 31.9 Å². The zero-order chi connectivity index (χ0) is 19.2. The topological polar surface area (TPSA) is 66.0 Å². The summed E-state index contributed by atoms with van der Waals surface area (Å²) in [7, 11) is 0. The molecule has 6 heteroatoms. The molecule has 0 saturated heterocycles. The molecule has 0 amide bonds. The highest BCUT2D eigenvalue weighted by Crippen LogP contribution is 2.38. The van der Waals surface area contributed by atoms with Crippen molar-refractivity contribution in [3.05, 3.63) is 47.5 Å². The average molecular weight is 393 g/mol. The van der Waals surface area contributed by atoms with Gasteiger partial charge >= 0.3 is 0 Å². The Kier molecular flexibility index (Phi) is 11.3. The third-order valence-electron chi connectivity index (χ3n) is 3.48. The van der Waals surface area contributed by atoms with Gasteiger partial charge in [-0.2, -0.15) is 0 Å². The monoisotopic (exact) mass is 392 g/mol. The molecule has 0 aliphatic rings. The Morgan fingerprint density at radius 3 is 2.12 bits per heavy atom. The van der Waals surface area contributed by atoms with E-state index in [1.165, 1.54) is 0 Å². The lowest BCUT2D eigenvalue weighted by Crippen LogP contribution is -2.00. The Hall–Kier alpha value is -1.90. The largest absolute Gasteiger partial charge is 0.494 e. The van der Waals surface area contributed by atoms with Crippen molar-refractivity contribution in [3.8, 4) is 11.5 Å². The molecule has 0 saturated carbocycles. The maximum absolute atomic E-state index is 6.00. The van der Waals surface area contributed by atoms with Crippen molar-refractivity contribution in [2.75, 3.05) is 13.2 Å². The molecule has 0 N–H and O–H groups in total. The van der Waals surface area contributed by atoms with Crippen LogP contribution in [0.4, 0.5) is 0 Å². The molecular weight excluding hydrogens is 368 g/mol. The van der Waals surface area contributed by atoms with E-state index in [1.807, 2.05) is 36.4 Å². The summed E-state index contributed by atoms with van der Waals surface area (Å²) < 4.78 is 11.8. The highest BCUT2D eigenvalue weighted by atomic mass is 35.5. The maximum Gasteiger partial charge on any atom is 0.133 e. The molecule has 140 valence electrons. The lowest BCUT2D eigenvalue weighted by molar-refractivity contribution is 0.295. The smallest absolute Gasteiger partial charge is 0.133 e. The van der Waals surface area contributed by atoms with E-state index in [-0.39, 0.29) is 0 Å². The van der Waals surface area contributed by atoms with Crippen LogP contribution in [0, 0.1) is 10.8 Å². The molecule has 0 aromatic heterocycles. The van der Waals surface area contributed by atoms with E-state index in [9.17, 15) is 0 Å². The standard InChI is InChI=1S/C20H25ClO2S.N2/c1-3-5-13-22-17-9-12-19(23-14-6-4-2)20(15-17)24-18-10-7-16(21)8-11-18;1-2/h7-12,15H,3-6,13-14H2,1-2H3;. The van der Waals surface area contributed by atoms with Gasteiger partial charge in [0.25, 0.3) is 0 Å². The van der Waals surface area contributed by atoms with Crippen molar-refractivity contribution in [1.82, 2.24) is 0 Å². The normalized spacial score (nSPS) is 9.88. The van der Waals surface area contributed by atoms with Gasteiger partial charge in [-0.05, 0) is 55.3 Å².